The number of rotatable bonds is 6. The van der Waals surface area contributed by atoms with Crippen molar-refractivity contribution in [2.45, 2.75) is 37.5 Å². The fourth-order valence-electron chi connectivity index (χ4n) is 6.75. The van der Waals surface area contributed by atoms with Crippen molar-refractivity contribution in [2.75, 3.05) is 0 Å². The molecule has 0 unspecified atom stereocenters. The van der Waals surface area contributed by atoms with Gasteiger partial charge in [0.25, 0.3) is 0 Å². The molecule has 7 rings (SSSR count). The summed E-state index contributed by atoms with van der Waals surface area (Å²) in [6.45, 7) is 0. The molecule has 0 heterocycles. The van der Waals surface area contributed by atoms with Gasteiger partial charge in [-0.05, 0) is 81.9 Å². The summed E-state index contributed by atoms with van der Waals surface area (Å²) < 4.78 is 0. The maximum absolute atomic E-state index is 10.5. The molecule has 1 fully saturated rings. The third-order valence-corrected chi connectivity index (χ3v) is 9.13. The van der Waals surface area contributed by atoms with Crippen molar-refractivity contribution in [3.63, 3.8) is 0 Å². The van der Waals surface area contributed by atoms with Gasteiger partial charge in [-0.2, -0.15) is 0 Å². The Morgan fingerprint density at radius 1 is 0.489 bits per heavy atom. The van der Waals surface area contributed by atoms with Gasteiger partial charge in [-0.15, -0.1) is 0 Å². The fraction of sp³-hybridized carbons (Fsp3) is 0.150. The van der Waals surface area contributed by atoms with Crippen molar-refractivity contribution >= 4 is 45.3 Å². The third kappa shape index (κ3) is 6.06. The number of phenols is 2. The maximum atomic E-state index is 10.5. The van der Waals surface area contributed by atoms with Gasteiger partial charge in [0.2, 0.25) is 0 Å². The normalized spacial score (nSPS) is 14.7. The van der Waals surface area contributed by atoms with Gasteiger partial charge in [0.1, 0.15) is 11.5 Å². The molecule has 0 amide bonds. The van der Waals surface area contributed by atoms with Gasteiger partial charge in [0.15, 0.2) is 0 Å². The molecular formula is C40H34N2O2Zn. The first-order valence-corrected chi connectivity index (χ1v) is 15.3. The molecule has 0 radical (unpaired) electrons. The van der Waals surface area contributed by atoms with Crippen LogP contribution in [0.1, 0.15) is 54.4 Å². The number of benzene rings is 6. The first-order valence-electron chi connectivity index (χ1n) is 15.3. The van der Waals surface area contributed by atoms with Crippen LogP contribution in [0.4, 0.5) is 11.4 Å². The number of aromatic hydroxyl groups is 2. The summed E-state index contributed by atoms with van der Waals surface area (Å²) in [5.74, 6) is 0.457. The van der Waals surface area contributed by atoms with Crippen LogP contribution >= 0.6 is 0 Å². The van der Waals surface area contributed by atoms with Crippen molar-refractivity contribution in [3.05, 3.63) is 144 Å². The van der Waals surface area contributed by atoms with E-state index in [0.717, 1.165) is 56.9 Å². The topological polar surface area (TPSA) is 65.2 Å². The van der Waals surface area contributed by atoms with Gasteiger partial charge in [-0.3, -0.25) is 9.98 Å². The van der Waals surface area contributed by atoms with Crippen LogP contribution in [-0.2, 0) is 24.9 Å². The Kier molecular flexibility index (Phi) is 8.91. The first-order chi connectivity index (χ1) is 21.6. The predicted octanol–water partition coefficient (Wildman–Crippen LogP) is 10.2. The third-order valence-electron chi connectivity index (χ3n) is 9.13. The molecular weight excluding hydrogens is 606 g/mol. The van der Waals surface area contributed by atoms with E-state index in [0.29, 0.717) is 0 Å². The first kappa shape index (κ1) is 30.4. The monoisotopic (exact) mass is 638 g/mol. The fourth-order valence-corrected chi connectivity index (χ4v) is 6.75. The summed E-state index contributed by atoms with van der Waals surface area (Å²) in [5, 5.41) is 25.1. The minimum Gasteiger partial charge on any atom is -0.507 e. The Morgan fingerprint density at radius 2 is 0.911 bits per heavy atom. The summed E-state index contributed by atoms with van der Waals surface area (Å²) in [6, 6.07) is 40.6. The van der Waals surface area contributed by atoms with E-state index >= 15 is 0 Å². The Bertz CT molecular complexity index is 1870. The predicted molar refractivity (Wildman–Crippen MR) is 182 cm³/mol. The molecule has 5 heteroatoms. The molecule has 45 heavy (non-hydrogen) atoms. The largest absolute Gasteiger partial charge is 0.507 e. The smallest absolute Gasteiger partial charge is 0.124 e. The molecule has 0 aliphatic heterocycles. The van der Waals surface area contributed by atoms with Crippen molar-refractivity contribution in [1.82, 2.24) is 0 Å². The molecule has 4 nitrogen and oxygen atoms in total. The molecule has 218 valence electrons. The van der Waals surface area contributed by atoms with E-state index < -0.39 is 0 Å². The number of aliphatic imine (C=N–C) groups is 2. The van der Waals surface area contributed by atoms with Gasteiger partial charge in [-0.25, -0.2) is 0 Å². The van der Waals surface area contributed by atoms with Crippen LogP contribution in [0.15, 0.2) is 131 Å². The second-order valence-electron chi connectivity index (χ2n) is 11.7. The van der Waals surface area contributed by atoms with Gasteiger partial charge in [-0.1, -0.05) is 104 Å². The van der Waals surface area contributed by atoms with E-state index in [9.17, 15) is 10.2 Å². The van der Waals surface area contributed by atoms with Crippen LogP contribution in [-0.4, -0.2) is 22.6 Å². The van der Waals surface area contributed by atoms with Crippen LogP contribution in [0.25, 0.3) is 21.5 Å². The SMILES string of the molecule is Oc1ccc2ccccc2c1C=Nc1ccc(C2(c3ccc(N=Cc4c(O)ccc5ccccc45)cc3)CCCCC2)cc1.[Zn]. The minimum atomic E-state index is -0.0511. The number of fused-ring (bicyclic) bond motifs is 2. The Labute approximate surface area is 276 Å². The van der Waals surface area contributed by atoms with E-state index in [4.69, 9.17) is 9.98 Å². The van der Waals surface area contributed by atoms with Gasteiger partial charge >= 0.3 is 0 Å². The second-order valence-corrected chi connectivity index (χ2v) is 11.7. The molecule has 0 bridgehead atoms. The summed E-state index contributed by atoms with van der Waals surface area (Å²) >= 11 is 0. The quantitative estimate of drug-likeness (QED) is 0.141. The van der Waals surface area contributed by atoms with Gasteiger partial charge in [0.05, 0.1) is 11.4 Å². The summed E-state index contributed by atoms with van der Waals surface area (Å²) in [6.07, 6.45) is 9.38. The van der Waals surface area contributed by atoms with Crippen molar-refractivity contribution in [2.24, 2.45) is 9.98 Å². The van der Waals surface area contributed by atoms with Gasteiger partial charge < -0.3 is 10.2 Å². The van der Waals surface area contributed by atoms with E-state index in [1.165, 1.54) is 30.4 Å². The van der Waals surface area contributed by atoms with E-state index in [1.54, 1.807) is 24.6 Å². The minimum absolute atomic E-state index is 0. The van der Waals surface area contributed by atoms with Crippen LogP contribution < -0.4 is 0 Å². The molecule has 1 aliphatic carbocycles. The molecule has 0 saturated heterocycles. The Hall–Kier alpha value is -4.60. The molecule has 0 atom stereocenters. The van der Waals surface area contributed by atoms with Gasteiger partial charge in [0, 0.05) is 48.4 Å². The van der Waals surface area contributed by atoms with Crippen LogP contribution in [0.5, 0.6) is 11.5 Å². The van der Waals surface area contributed by atoms with E-state index in [-0.39, 0.29) is 36.4 Å². The second kappa shape index (κ2) is 13.2. The number of hydrogen-bond donors (Lipinski definition) is 2. The Morgan fingerprint density at radius 3 is 1.36 bits per heavy atom. The van der Waals surface area contributed by atoms with Crippen LogP contribution in [0.2, 0.25) is 0 Å². The standard InChI is InChI=1S/C40H34N2O2.Zn/c43-38-22-12-28-8-2-4-10-34(28)36(38)26-41-32-18-14-30(15-19-32)40(24-6-1-7-25-40)31-16-20-33(21-17-31)42-27-37-35-11-5-3-9-29(35)13-23-39(37)44;/h2-5,8-23,26-27,43-44H,1,6-7,24-25H2;. The van der Waals surface area contributed by atoms with E-state index in [2.05, 4.69) is 48.5 Å². The van der Waals surface area contributed by atoms with Crippen LogP contribution in [0, 0.1) is 0 Å². The van der Waals surface area contributed by atoms with E-state index in [1.807, 2.05) is 60.7 Å². The number of phenolic OH excluding ortho intramolecular Hbond substituents is 2. The zero-order valence-corrected chi connectivity index (χ0v) is 28.2. The Balaban J connectivity index is 0.00000357. The maximum Gasteiger partial charge on any atom is 0.124 e. The molecule has 6 aromatic carbocycles. The number of hydrogen-bond acceptors (Lipinski definition) is 4. The number of nitrogens with zero attached hydrogens (tertiary/aromatic N) is 2. The molecule has 6 aromatic rings. The van der Waals surface area contributed by atoms with Crippen molar-refractivity contribution in [1.29, 1.82) is 0 Å². The summed E-state index contributed by atoms with van der Waals surface area (Å²) in [5.41, 5.74) is 5.73. The zero-order valence-electron chi connectivity index (χ0n) is 25.2. The summed E-state index contributed by atoms with van der Waals surface area (Å²) in [4.78, 5) is 9.47. The van der Waals surface area contributed by atoms with Crippen molar-refractivity contribution in [3.8, 4) is 11.5 Å². The average molecular weight is 640 g/mol. The van der Waals surface area contributed by atoms with Crippen molar-refractivity contribution < 1.29 is 29.7 Å². The molecule has 1 aliphatic rings. The summed E-state index contributed by atoms with van der Waals surface area (Å²) in [7, 11) is 0. The molecule has 0 aromatic heterocycles. The molecule has 1 saturated carbocycles. The molecule has 2 N–H and O–H groups in total. The van der Waals surface area contributed by atoms with Crippen LogP contribution in [0.3, 0.4) is 0 Å². The zero-order chi connectivity index (χ0) is 29.9. The molecule has 0 spiro atoms. The average Bonchev–Trinajstić information content (AvgIpc) is 3.08.